The number of aromatic nitrogens is 2. The van der Waals surface area contributed by atoms with Crippen molar-refractivity contribution in [3.63, 3.8) is 0 Å². The molecule has 2 N–H and O–H groups in total. The molecule has 1 saturated heterocycles. The van der Waals surface area contributed by atoms with Gasteiger partial charge in [-0.05, 0) is 75.8 Å². The molecule has 1 saturated carbocycles. The van der Waals surface area contributed by atoms with Crippen molar-refractivity contribution in [3.05, 3.63) is 23.9 Å². The molecule has 0 spiro atoms. The van der Waals surface area contributed by atoms with Gasteiger partial charge in [0, 0.05) is 48.9 Å². The summed E-state index contributed by atoms with van der Waals surface area (Å²) >= 11 is 0. The Bertz CT molecular complexity index is 786. The molecule has 2 heterocycles. The fraction of sp³-hybridized carbons (Fsp3) is 0.652. The molecule has 0 unspecified atom stereocenters. The monoisotopic (exact) mass is 383 g/mol. The number of fused-ring (bicyclic) bond motifs is 1. The quantitative estimate of drug-likeness (QED) is 0.705. The predicted octanol–water partition coefficient (Wildman–Crippen LogP) is 5.01. The molecule has 1 aromatic carbocycles. The molecule has 4 rings (SSSR count). The number of anilines is 1. The van der Waals surface area contributed by atoms with E-state index in [1.54, 1.807) is 0 Å². The Hall–Kier alpha value is -1.88. The van der Waals surface area contributed by atoms with Gasteiger partial charge in [0.1, 0.15) is 5.78 Å². The van der Waals surface area contributed by atoms with Crippen molar-refractivity contribution >= 4 is 22.4 Å². The highest BCUT2D eigenvalue weighted by Crippen LogP contribution is 2.32. The van der Waals surface area contributed by atoms with E-state index in [4.69, 9.17) is 4.74 Å². The van der Waals surface area contributed by atoms with E-state index in [0.29, 0.717) is 23.7 Å². The second-order valence-corrected chi connectivity index (χ2v) is 8.75. The van der Waals surface area contributed by atoms with Gasteiger partial charge in [0.2, 0.25) is 0 Å². The molecule has 5 heteroatoms. The summed E-state index contributed by atoms with van der Waals surface area (Å²) in [6, 6.07) is 6.76. The lowest BCUT2D eigenvalue weighted by atomic mass is 9.82. The molecular formula is C23H33N3O2. The van der Waals surface area contributed by atoms with E-state index in [0.717, 1.165) is 82.2 Å². The number of benzene rings is 1. The molecule has 0 atom stereocenters. The summed E-state index contributed by atoms with van der Waals surface area (Å²) in [7, 11) is 0. The summed E-state index contributed by atoms with van der Waals surface area (Å²) in [5.74, 6) is 1.75. The van der Waals surface area contributed by atoms with Gasteiger partial charge < -0.3 is 10.1 Å². The first kappa shape index (κ1) is 19.4. The SMILES string of the molecule is Cc1[nH]nc2cccc(NC3CCC(CC(=O)CCC4CCOCC4)CC3)c12. The zero-order valence-electron chi connectivity index (χ0n) is 17.0. The molecule has 0 radical (unpaired) electrons. The molecule has 152 valence electrons. The van der Waals surface area contributed by atoms with Crippen LogP contribution in [0.1, 0.15) is 63.5 Å². The number of aryl methyl sites for hydroxylation is 1. The zero-order chi connectivity index (χ0) is 19.3. The molecule has 2 aromatic rings. The van der Waals surface area contributed by atoms with Crippen LogP contribution in [0.5, 0.6) is 0 Å². The van der Waals surface area contributed by atoms with Gasteiger partial charge in [-0.3, -0.25) is 9.89 Å². The lowest BCUT2D eigenvalue weighted by Crippen LogP contribution is -2.27. The Morgan fingerprint density at radius 1 is 1.14 bits per heavy atom. The first-order valence-electron chi connectivity index (χ1n) is 11.0. The number of Topliss-reactive ketones (excluding diaryl/α,β-unsaturated/α-hetero) is 1. The number of ketones is 1. The van der Waals surface area contributed by atoms with Crippen molar-refractivity contribution in [2.75, 3.05) is 18.5 Å². The third-order valence-electron chi connectivity index (χ3n) is 6.66. The van der Waals surface area contributed by atoms with Crippen LogP contribution in [-0.2, 0) is 9.53 Å². The molecule has 0 bridgehead atoms. The van der Waals surface area contributed by atoms with E-state index >= 15 is 0 Å². The van der Waals surface area contributed by atoms with Crippen molar-refractivity contribution in [3.8, 4) is 0 Å². The number of aromatic amines is 1. The largest absolute Gasteiger partial charge is 0.382 e. The zero-order valence-corrected chi connectivity index (χ0v) is 17.0. The van der Waals surface area contributed by atoms with E-state index in [9.17, 15) is 4.79 Å². The van der Waals surface area contributed by atoms with Crippen molar-refractivity contribution in [2.45, 2.75) is 70.8 Å². The average molecular weight is 384 g/mol. The number of hydrogen-bond acceptors (Lipinski definition) is 4. The van der Waals surface area contributed by atoms with Crippen LogP contribution >= 0.6 is 0 Å². The summed E-state index contributed by atoms with van der Waals surface area (Å²) < 4.78 is 5.41. The summed E-state index contributed by atoms with van der Waals surface area (Å²) in [6.07, 6.45) is 9.47. The Kier molecular flexibility index (Phi) is 6.30. The predicted molar refractivity (Wildman–Crippen MR) is 113 cm³/mol. The highest BCUT2D eigenvalue weighted by Gasteiger charge is 2.24. The highest BCUT2D eigenvalue weighted by atomic mass is 16.5. The first-order chi connectivity index (χ1) is 13.7. The minimum atomic E-state index is 0.474. The normalized spacial score (nSPS) is 23.8. The third-order valence-corrected chi connectivity index (χ3v) is 6.66. The molecule has 0 amide bonds. The molecule has 1 aromatic heterocycles. The van der Waals surface area contributed by atoms with Gasteiger partial charge in [-0.1, -0.05) is 6.07 Å². The highest BCUT2D eigenvalue weighted by molar-refractivity contribution is 5.93. The number of H-pyrrole nitrogens is 1. The summed E-state index contributed by atoms with van der Waals surface area (Å²) in [4.78, 5) is 12.4. The topological polar surface area (TPSA) is 67.0 Å². The van der Waals surface area contributed by atoms with Gasteiger partial charge in [-0.25, -0.2) is 0 Å². The van der Waals surface area contributed by atoms with Crippen LogP contribution in [0.25, 0.3) is 10.9 Å². The fourth-order valence-corrected chi connectivity index (χ4v) is 4.90. The van der Waals surface area contributed by atoms with E-state index in [2.05, 4.69) is 34.6 Å². The van der Waals surface area contributed by atoms with E-state index < -0.39 is 0 Å². The maximum absolute atomic E-state index is 12.4. The molecule has 28 heavy (non-hydrogen) atoms. The van der Waals surface area contributed by atoms with E-state index in [-0.39, 0.29) is 0 Å². The van der Waals surface area contributed by atoms with Gasteiger partial charge >= 0.3 is 0 Å². The van der Waals surface area contributed by atoms with Crippen LogP contribution in [0.4, 0.5) is 5.69 Å². The molecule has 2 fully saturated rings. The van der Waals surface area contributed by atoms with Crippen LogP contribution in [0.2, 0.25) is 0 Å². The van der Waals surface area contributed by atoms with Gasteiger partial charge in [0.25, 0.3) is 0 Å². The van der Waals surface area contributed by atoms with Gasteiger partial charge in [-0.15, -0.1) is 0 Å². The molecule has 1 aliphatic carbocycles. The Labute approximate surface area is 167 Å². The van der Waals surface area contributed by atoms with Crippen molar-refractivity contribution in [1.82, 2.24) is 10.2 Å². The first-order valence-corrected chi connectivity index (χ1v) is 11.0. The Morgan fingerprint density at radius 2 is 1.93 bits per heavy atom. The van der Waals surface area contributed by atoms with Crippen LogP contribution in [0, 0.1) is 18.8 Å². The van der Waals surface area contributed by atoms with Gasteiger partial charge in [-0.2, -0.15) is 5.10 Å². The average Bonchev–Trinajstić information content (AvgIpc) is 3.11. The van der Waals surface area contributed by atoms with Crippen LogP contribution in [0.15, 0.2) is 18.2 Å². The number of rotatable bonds is 7. The van der Waals surface area contributed by atoms with Gasteiger partial charge in [0.15, 0.2) is 0 Å². The molecular weight excluding hydrogens is 350 g/mol. The number of nitrogens with one attached hydrogen (secondary N) is 2. The van der Waals surface area contributed by atoms with Crippen LogP contribution in [-0.4, -0.2) is 35.2 Å². The van der Waals surface area contributed by atoms with Crippen molar-refractivity contribution < 1.29 is 9.53 Å². The number of nitrogens with zero attached hydrogens (tertiary/aromatic N) is 1. The second kappa shape index (κ2) is 9.08. The number of carbonyl (C=O) groups is 1. The van der Waals surface area contributed by atoms with E-state index in [1.807, 2.05) is 6.07 Å². The minimum Gasteiger partial charge on any atom is -0.382 e. The van der Waals surface area contributed by atoms with Gasteiger partial charge in [0.05, 0.1) is 5.52 Å². The van der Waals surface area contributed by atoms with E-state index in [1.165, 1.54) is 11.1 Å². The molecule has 5 nitrogen and oxygen atoms in total. The van der Waals surface area contributed by atoms with Crippen LogP contribution < -0.4 is 5.32 Å². The summed E-state index contributed by atoms with van der Waals surface area (Å²) in [6.45, 7) is 3.83. The molecule has 2 aliphatic rings. The fourth-order valence-electron chi connectivity index (χ4n) is 4.90. The lowest BCUT2D eigenvalue weighted by molar-refractivity contribution is -0.120. The maximum atomic E-state index is 12.4. The molecule has 1 aliphatic heterocycles. The number of ether oxygens (including phenoxy) is 1. The van der Waals surface area contributed by atoms with Crippen molar-refractivity contribution in [1.29, 1.82) is 0 Å². The number of carbonyl (C=O) groups excluding carboxylic acids is 1. The summed E-state index contributed by atoms with van der Waals surface area (Å²) in [5, 5.41) is 12.4. The van der Waals surface area contributed by atoms with Crippen LogP contribution in [0.3, 0.4) is 0 Å². The Balaban J connectivity index is 1.22. The minimum absolute atomic E-state index is 0.474. The maximum Gasteiger partial charge on any atom is 0.133 e. The Morgan fingerprint density at radius 3 is 2.71 bits per heavy atom. The standard InChI is InChI=1S/C23H33N3O2/c1-16-23-21(3-2-4-22(23)26-25-16)24-19-8-5-18(6-9-19)15-20(27)10-7-17-11-13-28-14-12-17/h2-4,17-19,24H,5-15H2,1H3,(H,25,26). The second-order valence-electron chi connectivity index (χ2n) is 8.75. The van der Waals surface area contributed by atoms with Crippen molar-refractivity contribution in [2.24, 2.45) is 11.8 Å². The third kappa shape index (κ3) is 4.75. The number of hydrogen-bond donors (Lipinski definition) is 2. The smallest absolute Gasteiger partial charge is 0.133 e. The lowest BCUT2D eigenvalue weighted by Gasteiger charge is -2.30. The summed E-state index contributed by atoms with van der Waals surface area (Å²) in [5.41, 5.74) is 3.31.